The predicted octanol–water partition coefficient (Wildman–Crippen LogP) is 1.93. The van der Waals surface area contributed by atoms with Gasteiger partial charge in [-0.05, 0) is 17.7 Å². The van der Waals surface area contributed by atoms with Crippen molar-refractivity contribution in [3.05, 3.63) is 30.1 Å². The third-order valence-electron chi connectivity index (χ3n) is 1.55. The smallest absolute Gasteiger partial charge is 0.302 e. The first-order valence-electron chi connectivity index (χ1n) is 3.47. The van der Waals surface area contributed by atoms with E-state index in [1.54, 1.807) is 0 Å². The van der Waals surface area contributed by atoms with Crippen LogP contribution in [0.1, 0.15) is 11.5 Å². The van der Waals surface area contributed by atoms with Crippen molar-refractivity contribution in [2.45, 2.75) is 12.1 Å². The van der Waals surface area contributed by atoms with Crippen LogP contribution in [0.25, 0.3) is 0 Å². The summed E-state index contributed by atoms with van der Waals surface area (Å²) in [5, 5.41) is 0. The largest absolute Gasteiger partial charge is 0.402 e. The zero-order valence-electron chi connectivity index (χ0n) is 6.45. The van der Waals surface area contributed by atoms with Crippen molar-refractivity contribution in [2.75, 3.05) is 0 Å². The molecule has 2 nitrogen and oxygen atoms in total. The molecule has 1 heterocycles. The normalized spacial score (nSPS) is 13.8. The number of nitrogens with zero attached hydrogens (tertiary/aromatic N) is 1. The van der Waals surface area contributed by atoms with Crippen molar-refractivity contribution in [3.63, 3.8) is 0 Å². The van der Waals surface area contributed by atoms with Gasteiger partial charge in [-0.3, -0.25) is 4.98 Å². The predicted molar refractivity (Wildman–Crippen MR) is 39.1 cm³/mol. The molecule has 0 aliphatic carbocycles. The second-order valence-electron chi connectivity index (χ2n) is 2.44. The maximum Gasteiger partial charge on any atom is 0.402 e. The molecule has 70 valence electrons. The number of carbonyl (C=O) groups excluding carboxylic acids is 1. The molecule has 0 amide bonds. The third-order valence-corrected chi connectivity index (χ3v) is 1.55. The van der Waals surface area contributed by atoms with Gasteiger partial charge in [0.1, 0.15) is 12.2 Å². The molecule has 0 bridgehead atoms. The molecule has 0 radical (unpaired) electrons. The molecule has 0 saturated carbocycles. The molecular weight excluding hydrogens is 183 g/mol. The second kappa shape index (κ2) is 3.55. The van der Waals surface area contributed by atoms with E-state index in [0.717, 1.165) is 0 Å². The number of rotatable bonds is 2. The number of aromatic nitrogens is 1. The van der Waals surface area contributed by atoms with Gasteiger partial charge in [-0.2, -0.15) is 13.2 Å². The molecule has 1 aromatic rings. The van der Waals surface area contributed by atoms with Crippen molar-refractivity contribution in [3.8, 4) is 0 Å². The van der Waals surface area contributed by atoms with Crippen LogP contribution in [0.15, 0.2) is 24.5 Å². The Morgan fingerprint density at radius 3 is 2.23 bits per heavy atom. The summed E-state index contributed by atoms with van der Waals surface area (Å²) in [7, 11) is 0. The lowest BCUT2D eigenvalue weighted by Gasteiger charge is -2.13. The fraction of sp³-hybridized carbons (Fsp3) is 0.250. The summed E-state index contributed by atoms with van der Waals surface area (Å²) in [5.74, 6) is -2.05. The number of alkyl halides is 3. The lowest BCUT2D eigenvalue weighted by Crippen LogP contribution is -2.21. The first-order valence-corrected chi connectivity index (χ1v) is 3.47. The van der Waals surface area contributed by atoms with Gasteiger partial charge >= 0.3 is 6.18 Å². The van der Waals surface area contributed by atoms with E-state index in [1.165, 1.54) is 24.5 Å². The van der Waals surface area contributed by atoms with Crippen LogP contribution >= 0.6 is 0 Å². The zero-order valence-corrected chi connectivity index (χ0v) is 6.45. The summed E-state index contributed by atoms with van der Waals surface area (Å²) in [6, 6.07) is 2.35. The summed E-state index contributed by atoms with van der Waals surface area (Å²) < 4.78 is 36.5. The van der Waals surface area contributed by atoms with E-state index in [1.807, 2.05) is 0 Å². The van der Waals surface area contributed by atoms with Crippen LogP contribution in [0.4, 0.5) is 13.2 Å². The van der Waals surface area contributed by atoms with Gasteiger partial charge in [-0.1, -0.05) is 0 Å². The van der Waals surface area contributed by atoms with Gasteiger partial charge < -0.3 is 4.79 Å². The van der Waals surface area contributed by atoms with Crippen LogP contribution in [-0.2, 0) is 4.79 Å². The summed E-state index contributed by atoms with van der Waals surface area (Å²) in [4.78, 5) is 13.8. The molecule has 0 spiro atoms. The number of aldehydes is 1. The highest BCUT2D eigenvalue weighted by atomic mass is 19.4. The maximum absolute atomic E-state index is 12.2. The molecule has 0 fully saturated rings. The van der Waals surface area contributed by atoms with Gasteiger partial charge in [0.25, 0.3) is 0 Å². The summed E-state index contributed by atoms with van der Waals surface area (Å²) in [6.45, 7) is 0. The van der Waals surface area contributed by atoms with E-state index in [2.05, 4.69) is 4.98 Å². The Morgan fingerprint density at radius 2 is 1.85 bits per heavy atom. The van der Waals surface area contributed by atoms with Gasteiger partial charge in [0.15, 0.2) is 0 Å². The zero-order chi connectivity index (χ0) is 9.90. The number of hydrogen-bond acceptors (Lipinski definition) is 2. The monoisotopic (exact) mass is 189 g/mol. The Kier molecular flexibility index (Phi) is 2.65. The van der Waals surface area contributed by atoms with E-state index in [0.29, 0.717) is 0 Å². The highest BCUT2D eigenvalue weighted by Crippen LogP contribution is 2.32. The standard InChI is InChI=1S/C8H6F3NO/c9-8(10,11)7(5-13)6-1-3-12-4-2-6/h1-5,7H. The van der Waals surface area contributed by atoms with Crippen LogP contribution in [0.5, 0.6) is 0 Å². The van der Waals surface area contributed by atoms with E-state index in [9.17, 15) is 18.0 Å². The van der Waals surface area contributed by atoms with Crippen LogP contribution in [0.2, 0.25) is 0 Å². The van der Waals surface area contributed by atoms with Crippen molar-refractivity contribution in [1.82, 2.24) is 4.98 Å². The van der Waals surface area contributed by atoms with E-state index in [-0.39, 0.29) is 11.8 Å². The SMILES string of the molecule is O=CC(c1ccncc1)C(F)(F)F. The molecule has 13 heavy (non-hydrogen) atoms. The lowest BCUT2D eigenvalue weighted by molar-refractivity contribution is -0.155. The van der Waals surface area contributed by atoms with Gasteiger partial charge in [-0.25, -0.2) is 0 Å². The highest BCUT2D eigenvalue weighted by Gasteiger charge is 2.40. The fourth-order valence-electron chi connectivity index (χ4n) is 0.915. The van der Waals surface area contributed by atoms with Gasteiger partial charge in [0.05, 0.1) is 0 Å². The molecule has 0 aromatic carbocycles. The molecule has 0 aliphatic rings. The topological polar surface area (TPSA) is 30.0 Å². The Hall–Kier alpha value is -1.39. The average molecular weight is 189 g/mol. The fourth-order valence-corrected chi connectivity index (χ4v) is 0.915. The molecule has 0 saturated heterocycles. The van der Waals surface area contributed by atoms with Crippen LogP contribution in [0, 0.1) is 0 Å². The van der Waals surface area contributed by atoms with Gasteiger partial charge in [0.2, 0.25) is 0 Å². The molecule has 0 aliphatic heterocycles. The lowest BCUT2D eigenvalue weighted by atomic mass is 10.0. The molecule has 0 N–H and O–H groups in total. The quantitative estimate of drug-likeness (QED) is 0.665. The van der Waals surface area contributed by atoms with Crippen molar-refractivity contribution in [1.29, 1.82) is 0 Å². The van der Waals surface area contributed by atoms with Crippen LogP contribution in [-0.4, -0.2) is 17.4 Å². The van der Waals surface area contributed by atoms with Crippen LogP contribution < -0.4 is 0 Å². The molecule has 5 heteroatoms. The third kappa shape index (κ3) is 2.27. The van der Waals surface area contributed by atoms with Crippen LogP contribution in [0.3, 0.4) is 0 Å². The molecule has 1 unspecified atom stereocenters. The first-order chi connectivity index (χ1) is 6.05. The van der Waals surface area contributed by atoms with E-state index in [4.69, 9.17) is 0 Å². The minimum atomic E-state index is -4.52. The Bertz CT molecular complexity index is 283. The molecule has 1 rings (SSSR count). The average Bonchev–Trinajstić information content (AvgIpc) is 2.05. The Morgan fingerprint density at radius 1 is 1.31 bits per heavy atom. The maximum atomic E-state index is 12.2. The number of carbonyl (C=O) groups is 1. The number of halogens is 3. The first kappa shape index (κ1) is 9.70. The minimum Gasteiger partial charge on any atom is -0.302 e. The van der Waals surface area contributed by atoms with E-state index < -0.39 is 12.1 Å². The summed E-state index contributed by atoms with van der Waals surface area (Å²) >= 11 is 0. The molecule has 1 atom stereocenters. The van der Waals surface area contributed by atoms with Gasteiger partial charge in [0, 0.05) is 12.4 Å². The highest BCUT2D eigenvalue weighted by molar-refractivity contribution is 5.63. The van der Waals surface area contributed by atoms with Crippen molar-refractivity contribution < 1.29 is 18.0 Å². The summed E-state index contributed by atoms with van der Waals surface area (Å²) in [5.41, 5.74) is -0.0856. The molecule has 1 aromatic heterocycles. The summed E-state index contributed by atoms with van der Waals surface area (Å²) in [6.07, 6.45) is -2.20. The van der Waals surface area contributed by atoms with Crippen molar-refractivity contribution in [2.24, 2.45) is 0 Å². The van der Waals surface area contributed by atoms with Gasteiger partial charge in [-0.15, -0.1) is 0 Å². The Balaban J connectivity index is 2.99. The number of pyridine rings is 1. The van der Waals surface area contributed by atoms with E-state index >= 15 is 0 Å². The van der Waals surface area contributed by atoms with Crippen molar-refractivity contribution >= 4 is 6.29 Å². The molecular formula is C8H6F3NO. The Labute approximate surface area is 72.4 Å². The number of hydrogen-bond donors (Lipinski definition) is 0. The second-order valence-corrected chi connectivity index (χ2v) is 2.44. The minimum absolute atomic E-state index is 0.0856.